The highest BCUT2D eigenvalue weighted by molar-refractivity contribution is 6.00. The Bertz CT molecular complexity index is 948. The van der Waals surface area contributed by atoms with Gasteiger partial charge < -0.3 is 9.64 Å². The molecule has 1 saturated heterocycles. The van der Waals surface area contributed by atoms with Crippen LogP contribution >= 0.6 is 0 Å². The van der Waals surface area contributed by atoms with E-state index in [1.54, 1.807) is 7.11 Å². The van der Waals surface area contributed by atoms with Crippen LogP contribution < -0.4 is 4.74 Å². The fourth-order valence-corrected chi connectivity index (χ4v) is 3.68. The number of hydrogen-bond acceptors (Lipinski definition) is 3. The molecule has 5 heteroatoms. The lowest BCUT2D eigenvalue weighted by Crippen LogP contribution is -2.28. The van der Waals surface area contributed by atoms with Crippen LogP contribution in [0.2, 0.25) is 0 Å². The highest BCUT2D eigenvalue weighted by atomic mass is 16.5. The average molecular weight is 375 g/mol. The van der Waals surface area contributed by atoms with E-state index in [9.17, 15) is 4.79 Å². The van der Waals surface area contributed by atoms with Crippen molar-refractivity contribution in [1.29, 1.82) is 0 Å². The first kappa shape index (κ1) is 18.3. The predicted molar refractivity (Wildman–Crippen MR) is 109 cm³/mol. The van der Waals surface area contributed by atoms with Gasteiger partial charge in [0.25, 0.3) is 5.91 Å². The number of amides is 1. The zero-order valence-corrected chi connectivity index (χ0v) is 16.3. The maximum absolute atomic E-state index is 13.2. The molecule has 0 bridgehead atoms. The van der Waals surface area contributed by atoms with Crippen LogP contribution in [0.25, 0.3) is 11.3 Å². The number of ether oxygens (including phenoxy) is 1. The van der Waals surface area contributed by atoms with Gasteiger partial charge in [0, 0.05) is 24.8 Å². The fourth-order valence-electron chi connectivity index (χ4n) is 3.68. The third kappa shape index (κ3) is 3.79. The largest absolute Gasteiger partial charge is 0.497 e. The number of rotatable bonds is 5. The van der Waals surface area contributed by atoms with Crippen molar-refractivity contribution in [1.82, 2.24) is 14.7 Å². The van der Waals surface area contributed by atoms with Gasteiger partial charge in [-0.25, -0.2) is 0 Å². The number of hydrogen-bond donors (Lipinski definition) is 0. The Morgan fingerprint density at radius 1 is 1.14 bits per heavy atom. The van der Waals surface area contributed by atoms with Crippen LogP contribution in [0.5, 0.6) is 5.75 Å². The van der Waals surface area contributed by atoms with Crippen molar-refractivity contribution < 1.29 is 9.53 Å². The lowest BCUT2D eigenvalue weighted by Gasteiger charge is -2.15. The Labute approximate surface area is 165 Å². The van der Waals surface area contributed by atoms with E-state index < -0.39 is 0 Å². The monoisotopic (exact) mass is 375 g/mol. The van der Waals surface area contributed by atoms with Crippen molar-refractivity contribution in [3.8, 4) is 17.0 Å². The van der Waals surface area contributed by atoms with E-state index in [0.29, 0.717) is 18.0 Å². The number of carbonyl (C=O) groups is 1. The molecular formula is C23H25N3O2. The Balaban J connectivity index is 1.70. The molecule has 4 rings (SSSR count). The van der Waals surface area contributed by atoms with Crippen molar-refractivity contribution in [2.24, 2.45) is 5.92 Å². The molecule has 0 saturated carbocycles. The van der Waals surface area contributed by atoms with Gasteiger partial charge in [-0.3, -0.25) is 9.48 Å². The summed E-state index contributed by atoms with van der Waals surface area (Å²) in [6.45, 7) is 4.45. The van der Waals surface area contributed by atoms with Crippen LogP contribution in [-0.2, 0) is 6.54 Å². The Morgan fingerprint density at radius 2 is 1.89 bits per heavy atom. The van der Waals surface area contributed by atoms with E-state index in [1.807, 2.05) is 58.2 Å². The van der Waals surface area contributed by atoms with E-state index >= 15 is 0 Å². The van der Waals surface area contributed by atoms with E-state index in [0.717, 1.165) is 42.1 Å². The smallest absolute Gasteiger partial charge is 0.257 e. The van der Waals surface area contributed by atoms with Gasteiger partial charge in [0.1, 0.15) is 11.4 Å². The SMILES string of the molecule is COc1ccc(-c2nn(Cc3ccccc3)cc2C(=O)N2CCC(C)C2)cc1. The molecule has 1 aliphatic rings. The molecule has 0 aliphatic carbocycles. The molecule has 1 aliphatic heterocycles. The molecule has 28 heavy (non-hydrogen) atoms. The zero-order chi connectivity index (χ0) is 19.5. The molecule has 0 N–H and O–H groups in total. The molecule has 2 aromatic carbocycles. The molecule has 0 radical (unpaired) electrons. The van der Waals surface area contributed by atoms with Crippen molar-refractivity contribution >= 4 is 5.91 Å². The quantitative estimate of drug-likeness (QED) is 0.675. The van der Waals surface area contributed by atoms with E-state index in [-0.39, 0.29) is 5.91 Å². The van der Waals surface area contributed by atoms with Crippen LogP contribution in [0, 0.1) is 5.92 Å². The molecule has 1 unspecified atom stereocenters. The van der Waals surface area contributed by atoms with Gasteiger partial charge >= 0.3 is 0 Å². The first-order chi connectivity index (χ1) is 13.6. The summed E-state index contributed by atoms with van der Waals surface area (Å²) in [5.74, 6) is 1.40. The van der Waals surface area contributed by atoms with E-state index in [1.165, 1.54) is 0 Å². The van der Waals surface area contributed by atoms with Gasteiger partial charge in [-0.15, -0.1) is 0 Å². The van der Waals surface area contributed by atoms with Gasteiger partial charge in [0.15, 0.2) is 0 Å². The molecular weight excluding hydrogens is 350 g/mol. The van der Waals surface area contributed by atoms with Gasteiger partial charge in [-0.05, 0) is 42.2 Å². The normalized spacial score (nSPS) is 16.4. The maximum Gasteiger partial charge on any atom is 0.257 e. The summed E-state index contributed by atoms with van der Waals surface area (Å²) >= 11 is 0. The lowest BCUT2D eigenvalue weighted by atomic mass is 10.1. The van der Waals surface area contributed by atoms with Crippen LogP contribution in [0.1, 0.15) is 29.3 Å². The fraction of sp³-hybridized carbons (Fsp3) is 0.304. The minimum absolute atomic E-state index is 0.0643. The summed E-state index contributed by atoms with van der Waals surface area (Å²) in [6.07, 6.45) is 2.94. The number of carbonyl (C=O) groups excluding carboxylic acids is 1. The van der Waals surface area contributed by atoms with Crippen LogP contribution in [0.15, 0.2) is 60.8 Å². The zero-order valence-electron chi connectivity index (χ0n) is 16.3. The number of likely N-dealkylation sites (tertiary alicyclic amines) is 1. The number of nitrogens with zero attached hydrogens (tertiary/aromatic N) is 3. The highest BCUT2D eigenvalue weighted by Gasteiger charge is 2.28. The van der Waals surface area contributed by atoms with Crippen molar-refractivity contribution in [2.45, 2.75) is 19.9 Å². The Kier molecular flexibility index (Phi) is 5.15. The first-order valence-electron chi connectivity index (χ1n) is 9.69. The summed E-state index contributed by atoms with van der Waals surface area (Å²) in [5.41, 5.74) is 3.46. The molecule has 1 atom stereocenters. The first-order valence-corrected chi connectivity index (χ1v) is 9.69. The lowest BCUT2D eigenvalue weighted by molar-refractivity contribution is 0.0788. The third-order valence-electron chi connectivity index (χ3n) is 5.25. The summed E-state index contributed by atoms with van der Waals surface area (Å²) in [7, 11) is 1.65. The van der Waals surface area contributed by atoms with Gasteiger partial charge in [0.05, 0.1) is 19.2 Å². The molecule has 1 amide bonds. The molecule has 144 valence electrons. The van der Waals surface area contributed by atoms with Crippen LogP contribution in [-0.4, -0.2) is 40.8 Å². The summed E-state index contributed by atoms with van der Waals surface area (Å²) in [5, 5.41) is 4.77. The highest BCUT2D eigenvalue weighted by Crippen LogP contribution is 2.27. The second-order valence-corrected chi connectivity index (χ2v) is 7.45. The standard InChI is InChI=1S/C23H25N3O2/c1-17-12-13-25(14-17)23(27)21-16-26(15-18-6-4-3-5-7-18)24-22(21)19-8-10-20(28-2)11-9-19/h3-11,16-17H,12-15H2,1-2H3. The third-order valence-corrected chi connectivity index (χ3v) is 5.25. The summed E-state index contributed by atoms with van der Waals surface area (Å²) in [4.78, 5) is 15.2. The molecule has 5 nitrogen and oxygen atoms in total. The van der Waals surface area contributed by atoms with E-state index in [2.05, 4.69) is 19.1 Å². The second-order valence-electron chi connectivity index (χ2n) is 7.45. The minimum atomic E-state index is 0.0643. The maximum atomic E-state index is 13.2. The molecule has 3 aromatic rings. The van der Waals surface area contributed by atoms with E-state index in [4.69, 9.17) is 9.84 Å². The molecule has 2 heterocycles. The van der Waals surface area contributed by atoms with Crippen molar-refractivity contribution in [2.75, 3.05) is 20.2 Å². The Morgan fingerprint density at radius 3 is 2.54 bits per heavy atom. The molecule has 1 aromatic heterocycles. The summed E-state index contributed by atoms with van der Waals surface area (Å²) < 4.78 is 7.12. The predicted octanol–water partition coefficient (Wildman–Crippen LogP) is 4.09. The second kappa shape index (κ2) is 7.89. The molecule has 1 fully saturated rings. The Hall–Kier alpha value is -3.08. The van der Waals surface area contributed by atoms with Gasteiger partial charge in [-0.1, -0.05) is 37.3 Å². The average Bonchev–Trinajstić information content (AvgIpc) is 3.35. The van der Waals surface area contributed by atoms with Gasteiger partial charge in [0.2, 0.25) is 0 Å². The molecule has 0 spiro atoms. The number of aromatic nitrogens is 2. The number of methoxy groups -OCH3 is 1. The van der Waals surface area contributed by atoms with Crippen LogP contribution in [0.3, 0.4) is 0 Å². The number of benzene rings is 2. The minimum Gasteiger partial charge on any atom is -0.497 e. The van der Waals surface area contributed by atoms with Crippen molar-refractivity contribution in [3.05, 3.63) is 71.9 Å². The topological polar surface area (TPSA) is 47.4 Å². The van der Waals surface area contributed by atoms with Crippen LogP contribution in [0.4, 0.5) is 0 Å². The summed E-state index contributed by atoms with van der Waals surface area (Å²) in [6, 6.07) is 17.9. The van der Waals surface area contributed by atoms with Gasteiger partial charge in [-0.2, -0.15) is 5.10 Å². The van der Waals surface area contributed by atoms with Crippen molar-refractivity contribution in [3.63, 3.8) is 0 Å².